The summed E-state index contributed by atoms with van der Waals surface area (Å²) in [6.45, 7) is 6.58. The van der Waals surface area contributed by atoms with Gasteiger partial charge in [-0.15, -0.1) is 0 Å². The Balaban J connectivity index is 1.26. The molecule has 0 spiro atoms. The summed E-state index contributed by atoms with van der Waals surface area (Å²) in [5.74, 6) is -3.89. The van der Waals surface area contributed by atoms with E-state index in [1.807, 2.05) is 12.1 Å². The van der Waals surface area contributed by atoms with Crippen LogP contribution >= 0.6 is 0 Å². The van der Waals surface area contributed by atoms with Gasteiger partial charge in [0.2, 0.25) is 11.8 Å². The van der Waals surface area contributed by atoms with Crippen molar-refractivity contribution in [2.24, 2.45) is 7.05 Å². The summed E-state index contributed by atoms with van der Waals surface area (Å²) in [5, 5.41) is 2.31. The highest BCUT2D eigenvalue weighted by Crippen LogP contribution is 2.34. The number of likely N-dealkylation sites (tertiary alicyclic amines) is 1. The van der Waals surface area contributed by atoms with E-state index in [0.717, 1.165) is 10.6 Å². The minimum absolute atomic E-state index is 0.161. The number of rotatable bonds is 3. The van der Waals surface area contributed by atoms with Crippen LogP contribution in [0.25, 0.3) is 11.0 Å². The summed E-state index contributed by atoms with van der Waals surface area (Å²) >= 11 is 0. The van der Waals surface area contributed by atoms with E-state index in [4.69, 9.17) is 4.74 Å². The first-order valence-corrected chi connectivity index (χ1v) is 13.6. The summed E-state index contributed by atoms with van der Waals surface area (Å²) in [5.41, 5.74) is 1.01. The first-order chi connectivity index (χ1) is 18.7. The van der Waals surface area contributed by atoms with Crippen LogP contribution in [-0.4, -0.2) is 93.7 Å². The van der Waals surface area contributed by atoms with Crippen LogP contribution in [0.2, 0.25) is 0 Å². The lowest BCUT2D eigenvalue weighted by Crippen LogP contribution is -2.62. The monoisotopic (exact) mass is 562 g/mol. The maximum Gasteiger partial charge on any atom is 0.410 e. The van der Waals surface area contributed by atoms with Crippen LogP contribution in [0.3, 0.4) is 0 Å². The van der Waals surface area contributed by atoms with Crippen LogP contribution < -0.4 is 15.9 Å². The average molecular weight is 563 g/mol. The number of hydrogen-bond acceptors (Lipinski definition) is 7. The second-order valence-corrected chi connectivity index (χ2v) is 11.8. The molecule has 40 heavy (non-hydrogen) atoms. The Labute approximate surface area is 230 Å². The predicted molar refractivity (Wildman–Crippen MR) is 144 cm³/mol. The average Bonchev–Trinajstić information content (AvgIpc) is 3.12. The van der Waals surface area contributed by atoms with Crippen LogP contribution in [-0.2, 0) is 21.4 Å². The number of halogens is 2. The quantitative estimate of drug-likeness (QED) is 0.571. The summed E-state index contributed by atoms with van der Waals surface area (Å²) in [6.07, 6.45) is -0.129. The molecule has 5 rings (SSSR count). The highest BCUT2D eigenvalue weighted by atomic mass is 19.3. The normalized spacial score (nSPS) is 24.4. The van der Waals surface area contributed by atoms with Gasteiger partial charge in [-0.2, -0.15) is 0 Å². The molecule has 1 aromatic heterocycles. The Morgan fingerprint density at radius 2 is 1.73 bits per heavy atom. The van der Waals surface area contributed by atoms with Crippen LogP contribution in [0, 0.1) is 0 Å². The number of aryl methyl sites for hydroxylation is 1. The summed E-state index contributed by atoms with van der Waals surface area (Å²) in [4.78, 5) is 54.4. The third-order valence-corrected chi connectivity index (χ3v) is 7.93. The first kappa shape index (κ1) is 28.1. The van der Waals surface area contributed by atoms with E-state index < -0.39 is 42.2 Å². The van der Waals surface area contributed by atoms with Gasteiger partial charge >= 0.3 is 11.8 Å². The molecule has 3 aliphatic rings. The second kappa shape index (κ2) is 10.2. The molecule has 11 nitrogen and oxygen atoms in total. The van der Waals surface area contributed by atoms with Gasteiger partial charge in [0, 0.05) is 51.9 Å². The van der Waals surface area contributed by atoms with Crippen molar-refractivity contribution in [1.29, 1.82) is 0 Å². The molecule has 3 fully saturated rings. The predicted octanol–water partition coefficient (Wildman–Crippen LogP) is 2.08. The molecule has 0 bridgehead atoms. The summed E-state index contributed by atoms with van der Waals surface area (Å²) in [7, 11) is 1.64. The number of ether oxygens (including phenoxy) is 1. The number of amides is 3. The number of carbonyl (C=O) groups excluding carboxylic acids is 3. The minimum Gasteiger partial charge on any atom is -0.444 e. The Kier molecular flexibility index (Phi) is 7.13. The number of imide groups is 1. The maximum absolute atomic E-state index is 15.2. The molecule has 2 atom stereocenters. The van der Waals surface area contributed by atoms with E-state index in [1.54, 1.807) is 38.8 Å². The van der Waals surface area contributed by atoms with Gasteiger partial charge in [0.05, 0.1) is 23.6 Å². The zero-order valence-corrected chi connectivity index (χ0v) is 23.3. The van der Waals surface area contributed by atoms with Crippen molar-refractivity contribution in [2.45, 2.75) is 63.6 Å². The van der Waals surface area contributed by atoms with E-state index in [9.17, 15) is 19.2 Å². The molecule has 1 N–H and O–H groups in total. The van der Waals surface area contributed by atoms with E-state index >= 15 is 8.78 Å². The highest BCUT2D eigenvalue weighted by Gasteiger charge is 2.49. The summed E-state index contributed by atoms with van der Waals surface area (Å²) in [6, 6.07) is 3.82. The van der Waals surface area contributed by atoms with E-state index in [0.29, 0.717) is 37.2 Å². The third-order valence-electron chi connectivity index (χ3n) is 7.93. The second-order valence-electron chi connectivity index (χ2n) is 11.8. The maximum atomic E-state index is 15.2. The van der Waals surface area contributed by atoms with Gasteiger partial charge in [-0.3, -0.25) is 28.9 Å². The summed E-state index contributed by atoms with van der Waals surface area (Å²) < 4.78 is 38.6. The van der Waals surface area contributed by atoms with Crippen LogP contribution in [0.15, 0.2) is 23.0 Å². The number of aromatic nitrogens is 2. The van der Waals surface area contributed by atoms with E-state index in [2.05, 4.69) is 10.2 Å². The van der Waals surface area contributed by atoms with E-state index in [-0.39, 0.29) is 37.4 Å². The number of piperidine rings is 2. The number of carbonyl (C=O) groups is 3. The SMILES string of the molecule is Cn1c(=O)n(C2CCC(=O)NC2=O)c2ccc(N3CCN([C@@H]4CCN(C(=O)OC(C)(C)C)CC4(F)F)CC3)cc21. The molecule has 3 aliphatic heterocycles. The number of hydrogen-bond donors (Lipinski definition) is 1. The zero-order valence-electron chi connectivity index (χ0n) is 23.3. The number of imidazole rings is 1. The van der Waals surface area contributed by atoms with Gasteiger partial charge in [0.1, 0.15) is 11.6 Å². The van der Waals surface area contributed by atoms with Crippen molar-refractivity contribution in [3.05, 3.63) is 28.7 Å². The van der Waals surface area contributed by atoms with Crippen LogP contribution in [0.1, 0.15) is 46.1 Å². The number of nitrogens with one attached hydrogen (secondary N) is 1. The topological polar surface area (TPSA) is 109 Å². The fraction of sp³-hybridized carbons (Fsp3) is 0.630. The van der Waals surface area contributed by atoms with Gasteiger partial charge in [-0.1, -0.05) is 0 Å². The number of nitrogens with zero attached hydrogens (tertiary/aromatic N) is 5. The lowest BCUT2D eigenvalue weighted by molar-refractivity contribution is -0.135. The number of fused-ring (bicyclic) bond motifs is 1. The number of piperazine rings is 1. The molecule has 218 valence electrons. The number of anilines is 1. The van der Waals surface area contributed by atoms with Gasteiger partial charge in [0.25, 0.3) is 5.92 Å². The standard InChI is InChI=1S/C27H36F2N6O5/c1-26(2,3)40-25(39)34-10-9-21(27(28,29)16-34)33-13-11-32(12-14-33)17-5-6-18-20(15-17)31(4)24(38)35(18)19-7-8-22(36)30-23(19)37/h5-6,15,19,21H,7-14,16H2,1-4H3,(H,30,36,37)/t19?,21-/m1/s1. The zero-order chi connectivity index (χ0) is 29.0. The van der Waals surface area contributed by atoms with Crippen molar-refractivity contribution >= 4 is 34.6 Å². The Morgan fingerprint density at radius 3 is 2.35 bits per heavy atom. The van der Waals surface area contributed by atoms with Crippen molar-refractivity contribution in [2.75, 3.05) is 44.2 Å². The van der Waals surface area contributed by atoms with Gasteiger partial charge in [-0.05, 0) is 51.8 Å². The fourth-order valence-electron chi connectivity index (χ4n) is 5.93. The fourth-order valence-corrected chi connectivity index (χ4v) is 5.93. The van der Waals surface area contributed by atoms with E-state index in [1.165, 1.54) is 9.13 Å². The lowest BCUT2D eigenvalue weighted by Gasteiger charge is -2.46. The Bertz CT molecular complexity index is 1390. The molecule has 3 amide bonds. The Hall–Kier alpha value is -3.48. The molecule has 2 aromatic rings. The van der Waals surface area contributed by atoms with Gasteiger partial charge in [0.15, 0.2) is 0 Å². The van der Waals surface area contributed by atoms with Gasteiger partial charge in [-0.25, -0.2) is 18.4 Å². The third kappa shape index (κ3) is 5.30. The lowest BCUT2D eigenvalue weighted by atomic mass is 9.98. The molecular weight excluding hydrogens is 526 g/mol. The molecule has 0 saturated carbocycles. The molecule has 1 aromatic carbocycles. The number of alkyl halides is 2. The van der Waals surface area contributed by atoms with Crippen LogP contribution in [0.4, 0.5) is 19.3 Å². The van der Waals surface area contributed by atoms with Crippen molar-refractivity contribution in [3.63, 3.8) is 0 Å². The van der Waals surface area contributed by atoms with Crippen molar-refractivity contribution in [3.8, 4) is 0 Å². The van der Waals surface area contributed by atoms with Crippen LogP contribution in [0.5, 0.6) is 0 Å². The minimum atomic E-state index is -3.06. The molecule has 1 unspecified atom stereocenters. The molecule has 4 heterocycles. The molecule has 13 heteroatoms. The largest absolute Gasteiger partial charge is 0.444 e. The molecule has 0 radical (unpaired) electrons. The highest BCUT2D eigenvalue weighted by molar-refractivity contribution is 6.00. The molecular formula is C27H36F2N6O5. The molecule has 3 saturated heterocycles. The molecule has 0 aliphatic carbocycles. The first-order valence-electron chi connectivity index (χ1n) is 13.6. The Morgan fingerprint density at radius 1 is 1.02 bits per heavy atom. The van der Waals surface area contributed by atoms with Crippen molar-refractivity contribution in [1.82, 2.24) is 24.3 Å². The van der Waals surface area contributed by atoms with Crippen molar-refractivity contribution < 1.29 is 27.9 Å². The van der Waals surface area contributed by atoms with Gasteiger partial charge < -0.3 is 14.5 Å². The number of benzene rings is 1. The smallest absolute Gasteiger partial charge is 0.410 e.